The molecular formula is C21H16BrN3O3. The highest BCUT2D eigenvalue weighted by atomic mass is 79.9. The van der Waals surface area contributed by atoms with Crippen LogP contribution in [-0.4, -0.2) is 15.9 Å². The maximum Gasteiger partial charge on any atom is 0.291 e. The number of hydrogen-bond acceptors (Lipinski definition) is 4. The Bertz CT molecular complexity index is 1260. The Morgan fingerprint density at radius 3 is 2.57 bits per heavy atom. The van der Waals surface area contributed by atoms with Crippen LogP contribution in [0.5, 0.6) is 0 Å². The molecule has 4 aromatic rings. The number of H-pyrrole nitrogens is 1. The second-order valence-corrected chi connectivity index (χ2v) is 7.36. The van der Waals surface area contributed by atoms with E-state index in [1.165, 1.54) is 6.07 Å². The molecule has 2 N–H and O–H groups in total. The van der Waals surface area contributed by atoms with Crippen molar-refractivity contribution in [1.82, 2.24) is 9.97 Å². The van der Waals surface area contributed by atoms with Gasteiger partial charge in [-0.05, 0) is 44.2 Å². The van der Waals surface area contributed by atoms with Gasteiger partial charge >= 0.3 is 0 Å². The summed E-state index contributed by atoms with van der Waals surface area (Å²) in [6.07, 6.45) is 0. The van der Waals surface area contributed by atoms with Gasteiger partial charge in [-0.1, -0.05) is 28.1 Å². The number of aromatic nitrogens is 2. The second kappa shape index (κ2) is 7.09. The molecule has 0 bridgehead atoms. The van der Waals surface area contributed by atoms with E-state index in [4.69, 9.17) is 4.42 Å². The summed E-state index contributed by atoms with van der Waals surface area (Å²) >= 11 is 3.43. The zero-order valence-electron chi connectivity index (χ0n) is 15.2. The predicted octanol–water partition coefficient (Wildman–Crippen LogP) is 4.81. The minimum absolute atomic E-state index is 0.202. The molecule has 0 aliphatic rings. The summed E-state index contributed by atoms with van der Waals surface area (Å²) in [6, 6.07) is 14.2. The topological polar surface area (TPSA) is 88.0 Å². The average Bonchev–Trinajstić information content (AvgIpc) is 2.98. The van der Waals surface area contributed by atoms with E-state index in [1.807, 2.05) is 25.1 Å². The molecule has 0 radical (unpaired) electrons. The van der Waals surface area contributed by atoms with Gasteiger partial charge in [0.2, 0.25) is 0 Å². The molecule has 0 spiro atoms. The van der Waals surface area contributed by atoms with E-state index in [9.17, 15) is 9.59 Å². The van der Waals surface area contributed by atoms with Crippen LogP contribution in [0.3, 0.4) is 0 Å². The number of benzene rings is 2. The number of anilines is 1. The SMILES string of the molecule is Cc1nc(-c2ccc(NC(=O)c3oc4ccc(Br)cc4c3C)cc2)cc(=O)[nH]1. The molecule has 0 saturated carbocycles. The molecule has 28 heavy (non-hydrogen) atoms. The average molecular weight is 438 g/mol. The minimum atomic E-state index is -0.317. The van der Waals surface area contributed by atoms with E-state index >= 15 is 0 Å². The van der Waals surface area contributed by atoms with E-state index in [0.717, 1.165) is 21.0 Å². The van der Waals surface area contributed by atoms with E-state index in [-0.39, 0.29) is 17.2 Å². The van der Waals surface area contributed by atoms with Gasteiger partial charge in [0.15, 0.2) is 5.76 Å². The number of hydrogen-bond donors (Lipinski definition) is 2. The van der Waals surface area contributed by atoms with Crippen LogP contribution in [0.4, 0.5) is 5.69 Å². The van der Waals surface area contributed by atoms with E-state index < -0.39 is 0 Å². The zero-order valence-corrected chi connectivity index (χ0v) is 16.8. The Labute approximate surface area is 168 Å². The monoisotopic (exact) mass is 437 g/mol. The Morgan fingerprint density at radius 1 is 1.11 bits per heavy atom. The second-order valence-electron chi connectivity index (χ2n) is 6.44. The number of nitrogens with one attached hydrogen (secondary N) is 2. The van der Waals surface area contributed by atoms with Crippen LogP contribution in [-0.2, 0) is 0 Å². The third-order valence-electron chi connectivity index (χ3n) is 4.40. The lowest BCUT2D eigenvalue weighted by Crippen LogP contribution is -2.12. The Balaban J connectivity index is 1.58. The lowest BCUT2D eigenvalue weighted by atomic mass is 10.1. The van der Waals surface area contributed by atoms with Crippen molar-refractivity contribution < 1.29 is 9.21 Å². The van der Waals surface area contributed by atoms with Crippen molar-refractivity contribution in [3.8, 4) is 11.3 Å². The van der Waals surface area contributed by atoms with Crippen molar-refractivity contribution in [2.75, 3.05) is 5.32 Å². The lowest BCUT2D eigenvalue weighted by Gasteiger charge is -2.06. The Kier molecular flexibility index (Phi) is 4.60. The van der Waals surface area contributed by atoms with Crippen LogP contribution in [0.15, 0.2) is 62.2 Å². The molecule has 0 aliphatic carbocycles. The maximum absolute atomic E-state index is 12.7. The molecule has 6 nitrogen and oxygen atoms in total. The normalized spacial score (nSPS) is 11.0. The number of aryl methyl sites for hydroxylation is 2. The van der Waals surface area contributed by atoms with Crippen LogP contribution in [0.25, 0.3) is 22.2 Å². The number of fused-ring (bicyclic) bond motifs is 1. The fourth-order valence-corrected chi connectivity index (χ4v) is 3.41. The summed E-state index contributed by atoms with van der Waals surface area (Å²) < 4.78 is 6.65. The highest BCUT2D eigenvalue weighted by Crippen LogP contribution is 2.28. The maximum atomic E-state index is 12.7. The predicted molar refractivity (Wildman–Crippen MR) is 112 cm³/mol. The fraction of sp³-hybridized carbons (Fsp3) is 0.0952. The van der Waals surface area contributed by atoms with Gasteiger partial charge in [-0.15, -0.1) is 0 Å². The molecule has 0 aliphatic heterocycles. The number of carbonyl (C=O) groups is 1. The first kappa shape index (κ1) is 18.2. The Hall–Kier alpha value is -3.19. The fourth-order valence-electron chi connectivity index (χ4n) is 3.05. The first-order valence-corrected chi connectivity index (χ1v) is 9.38. The van der Waals surface area contributed by atoms with Crippen molar-refractivity contribution in [2.45, 2.75) is 13.8 Å². The third-order valence-corrected chi connectivity index (χ3v) is 4.90. The smallest absolute Gasteiger partial charge is 0.291 e. The third kappa shape index (κ3) is 3.48. The summed E-state index contributed by atoms with van der Waals surface area (Å²) in [5.74, 6) is 0.513. The molecular weight excluding hydrogens is 422 g/mol. The van der Waals surface area contributed by atoms with Crippen LogP contribution < -0.4 is 10.9 Å². The zero-order chi connectivity index (χ0) is 19.8. The molecule has 140 valence electrons. The molecule has 0 unspecified atom stereocenters. The van der Waals surface area contributed by atoms with E-state index in [2.05, 4.69) is 31.2 Å². The van der Waals surface area contributed by atoms with Crippen LogP contribution in [0, 0.1) is 13.8 Å². The number of nitrogens with zero attached hydrogens (tertiary/aromatic N) is 1. The van der Waals surface area contributed by atoms with Gasteiger partial charge in [-0.3, -0.25) is 9.59 Å². The van der Waals surface area contributed by atoms with Gasteiger partial charge in [0.1, 0.15) is 11.4 Å². The summed E-state index contributed by atoms with van der Waals surface area (Å²) in [5.41, 5.74) is 3.24. The van der Waals surface area contributed by atoms with Crippen LogP contribution >= 0.6 is 15.9 Å². The number of rotatable bonds is 3. The van der Waals surface area contributed by atoms with Gasteiger partial charge in [0.25, 0.3) is 11.5 Å². The minimum Gasteiger partial charge on any atom is -0.451 e. The lowest BCUT2D eigenvalue weighted by molar-refractivity contribution is 0.0998. The molecule has 2 aromatic heterocycles. The summed E-state index contributed by atoms with van der Waals surface area (Å²) in [6.45, 7) is 3.59. The highest BCUT2D eigenvalue weighted by Gasteiger charge is 2.18. The number of furan rings is 1. The first-order chi connectivity index (χ1) is 13.4. The van der Waals surface area contributed by atoms with Crippen LogP contribution in [0.1, 0.15) is 21.9 Å². The summed E-state index contributed by atoms with van der Waals surface area (Å²) in [7, 11) is 0. The van der Waals surface area contributed by atoms with Gasteiger partial charge in [0, 0.05) is 32.7 Å². The van der Waals surface area contributed by atoms with Gasteiger partial charge in [-0.25, -0.2) is 4.98 Å². The molecule has 2 aromatic carbocycles. The summed E-state index contributed by atoms with van der Waals surface area (Å²) in [4.78, 5) is 31.2. The van der Waals surface area contributed by atoms with Crippen molar-refractivity contribution in [3.05, 3.63) is 80.5 Å². The number of carbonyl (C=O) groups excluding carboxylic acids is 1. The van der Waals surface area contributed by atoms with Crippen molar-refractivity contribution in [3.63, 3.8) is 0 Å². The molecule has 4 rings (SSSR count). The quantitative estimate of drug-likeness (QED) is 0.480. The number of halogens is 1. The van der Waals surface area contributed by atoms with E-state index in [1.54, 1.807) is 31.2 Å². The molecule has 0 fully saturated rings. The Morgan fingerprint density at radius 2 is 1.86 bits per heavy atom. The van der Waals surface area contributed by atoms with Crippen molar-refractivity contribution in [1.29, 1.82) is 0 Å². The van der Waals surface area contributed by atoms with Crippen molar-refractivity contribution >= 4 is 38.5 Å². The highest BCUT2D eigenvalue weighted by molar-refractivity contribution is 9.10. The molecule has 0 atom stereocenters. The van der Waals surface area contributed by atoms with Gasteiger partial charge < -0.3 is 14.7 Å². The van der Waals surface area contributed by atoms with Crippen LogP contribution in [0.2, 0.25) is 0 Å². The van der Waals surface area contributed by atoms with Crippen molar-refractivity contribution in [2.24, 2.45) is 0 Å². The molecule has 0 saturated heterocycles. The standard InChI is InChI=1S/C21H16BrN3O3/c1-11-16-9-14(22)5-8-18(16)28-20(11)21(27)25-15-6-3-13(4-7-15)17-10-19(26)24-12(2)23-17/h3-10H,1-2H3,(H,25,27)(H,23,24,26). The first-order valence-electron chi connectivity index (χ1n) is 8.59. The largest absolute Gasteiger partial charge is 0.451 e. The molecule has 1 amide bonds. The summed E-state index contributed by atoms with van der Waals surface area (Å²) in [5, 5.41) is 3.74. The molecule has 7 heteroatoms. The number of amides is 1. The van der Waals surface area contributed by atoms with Gasteiger partial charge in [0.05, 0.1) is 5.69 Å². The number of aromatic amines is 1. The van der Waals surface area contributed by atoms with E-state index in [0.29, 0.717) is 22.8 Å². The molecule has 2 heterocycles. The van der Waals surface area contributed by atoms with Gasteiger partial charge in [-0.2, -0.15) is 0 Å².